The van der Waals surface area contributed by atoms with Crippen LogP contribution in [-0.2, 0) is 4.74 Å². The van der Waals surface area contributed by atoms with Gasteiger partial charge < -0.3 is 20.3 Å². The van der Waals surface area contributed by atoms with Crippen molar-refractivity contribution in [3.8, 4) is 11.4 Å². The Bertz CT molecular complexity index is 1620. The van der Waals surface area contributed by atoms with Crippen LogP contribution < -0.4 is 15.5 Å². The van der Waals surface area contributed by atoms with E-state index in [0.29, 0.717) is 30.1 Å². The van der Waals surface area contributed by atoms with Gasteiger partial charge in [-0.25, -0.2) is 19.3 Å². The third-order valence-corrected chi connectivity index (χ3v) is 6.99. The average Bonchev–Trinajstić information content (AvgIpc) is 3.39. The molecular formula is C27H22F2N8O. The summed E-state index contributed by atoms with van der Waals surface area (Å²) in [7, 11) is 0. The van der Waals surface area contributed by atoms with Gasteiger partial charge in [-0.2, -0.15) is 9.37 Å². The van der Waals surface area contributed by atoms with Gasteiger partial charge in [0.1, 0.15) is 11.6 Å². The van der Waals surface area contributed by atoms with Gasteiger partial charge in [-0.1, -0.05) is 18.2 Å². The van der Waals surface area contributed by atoms with Crippen LogP contribution in [-0.4, -0.2) is 63.3 Å². The summed E-state index contributed by atoms with van der Waals surface area (Å²) in [5, 5.41) is 7.12. The molecule has 4 aromatic heterocycles. The molecule has 6 heterocycles. The molecule has 1 aliphatic carbocycles. The molecule has 0 saturated carbocycles. The van der Waals surface area contributed by atoms with E-state index < -0.39 is 11.8 Å². The number of allylic oxidation sites excluding steroid dienone is 4. The monoisotopic (exact) mass is 512 g/mol. The van der Waals surface area contributed by atoms with Crippen molar-refractivity contribution < 1.29 is 13.5 Å². The van der Waals surface area contributed by atoms with Crippen LogP contribution in [0.2, 0.25) is 0 Å². The molecule has 2 fully saturated rings. The highest BCUT2D eigenvalue weighted by molar-refractivity contribution is 6.02. The van der Waals surface area contributed by atoms with E-state index in [9.17, 15) is 8.78 Å². The average molecular weight is 513 g/mol. The number of aromatic nitrogens is 5. The second kappa shape index (κ2) is 9.19. The van der Waals surface area contributed by atoms with Crippen LogP contribution in [0, 0.1) is 11.8 Å². The molecule has 0 aromatic carbocycles. The van der Waals surface area contributed by atoms with Crippen molar-refractivity contribution in [1.82, 2.24) is 30.2 Å². The minimum atomic E-state index is -0.794. The highest BCUT2D eigenvalue weighted by atomic mass is 19.1. The molecule has 190 valence electrons. The molecule has 3 aliphatic rings. The zero-order valence-corrected chi connectivity index (χ0v) is 20.1. The Kier molecular flexibility index (Phi) is 5.52. The van der Waals surface area contributed by atoms with Gasteiger partial charge in [0.15, 0.2) is 17.5 Å². The number of anilines is 3. The summed E-state index contributed by atoms with van der Waals surface area (Å²) in [6, 6.07) is 5.57. The van der Waals surface area contributed by atoms with Crippen molar-refractivity contribution in [2.75, 3.05) is 36.5 Å². The summed E-state index contributed by atoms with van der Waals surface area (Å²) >= 11 is 0. The molecule has 2 atom stereocenters. The Labute approximate surface area is 216 Å². The van der Waals surface area contributed by atoms with Gasteiger partial charge >= 0.3 is 0 Å². The number of rotatable bonds is 5. The minimum Gasteiger partial charge on any atom is -0.373 e. The number of nitrogens with one attached hydrogen (secondary N) is 2. The molecule has 0 amide bonds. The standard InChI is InChI=1S/C27H22F2N8O/c28-18-4-5-22(29)34-26(18)35-23-10-16(6-7-32-23)25-33-19-12-30-11-17(15-2-1-3-15)24(19)27(36-25)37-8-9-38-21-14-31-13-20(21)37/h1-7,10-12,20-21,31H,8-9,13-14H2,(H,32,34,35). The van der Waals surface area contributed by atoms with Crippen molar-refractivity contribution in [3.05, 3.63) is 78.4 Å². The predicted molar refractivity (Wildman–Crippen MR) is 139 cm³/mol. The lowest BCUT2D eigenvalue weighted by Gasteiger charge is -2.38. The first-order valence-electron chi connectivity index (χ1n) is 12.3. The molecule has 2 saturated heterocycles. The van der Waals surface area contributed by atoms with Crippen molar-refractivity contribution >= 4 is 33.9 Å². The van der Waals surface area contributed by atoms with Crippen molar-refractivity contribution in [2.45, 2.75) is 12.1 Å². The summed E-state index contributed by atoms with van der Waals surface area (Å²) in [5.74, 6) is -0.164. The molecular weight excluding hydrogens is 490 g/mol. The summed E-state index contributed by atoms with van der Waals surface area (Å²) < 4.78 is 33.8. The first-order chi connectivity index (χ1) is 18.6. The molecule has 4 aromatic rings. The second-order valence-corrected chi connectivity index (χ2v) is 9.28. The Hall–Kier alpha value is -4.35. The summed E-state index contributed by atoms with van der Waals surface area (Å²) in [6.45, 7) is 2.88. The number of hydrogen-bond donors (Lipinski definition) is 2. The van der Waals surface area contributed by atoms with Crippen molar-refractivity contribution in [1.29, 1.82) is 0 Å². The smallest absolute Gasteiger partial charge is 0.214 e. The maximum atomic E-state index is 14.2. The first kappa shape index (κ1) is 22.8. The van der Waals surface area contributed by atoms with Gasteiger partial charge in [-0.05, 0) is 29.8 Å². The zero-order valence-electron chi connectivity index (χ0n) is 20.1. The number of morpholine rings is 1. The van der Waals surface area contributed by atoms with Crippen molar-refractivity contribution in [2.24, 2.45) is 0 Å². The van der Waals surface area contributed by atoms with Gasteiger partial charge in [0.2, 0.25) is 5.95 Å². The number of halogens is 2. The highest BCUT2D eigenvalue weighted by Gasteiger charge is 2.38. The van der Waals surface area contributed by atoms with Crippen LogP contribution in [0.15, 0.2) is 61.1 Å². The van der Waals surface area contributed by atoms with Crippen LogP contribution in [0.5, 0.6) is 0 Å². The topological polar surface area (TPSA) is 101 Å². The van der Waals surface area contributed by atoms with E-state index in [0.717, 1.165) is 47.6 Å². The molecule has 38 heavy (non-hydrogen) atoms. The maximum absolute atomic E-state index is 14.2. The molecule has 2 N–H and O–H groups in total. The number of ether oxygens (including phenoxy) is 1. The fourth-order valence-corrected chi connectivity index (χ4v) is 5.11. The minimum absolute atomic E-state index is 0.0794. The third-order valence-electron chi connectivity index (χ3n) is 6.99. The lowest BCUT2D eigenvalue weighted by Crippen LogP contribution is -2.51. The fourth-order valence-electron chi connectivity index (χ4n) is 5.11. The third kappa shape index (κ3) is 3.96. The van der Waals surface area contributed by atoms with E-state index in [1.165, 1.54) is 0 Å². The van der Waals surface area contributed by atoms with Gasteiger partial charge in [0.05, 0.1) is 35.9 Å². The van der Waals surface area contributed by atoms with Gasteiger partial charge in [-0.3, -0.25) is 4.98 Å². The molecule has 7 rings (SSSR count). The SMILES string of the molecule is Fc1ccc(F)c(Nc2cc(-c3nc(N4CCOC5CNCC54)c4c(C5=CC=C5)cncc4n3)ccn2)n1. The largest absolute Gasteiger partial charge is 0.373 e. The van der Waals surface area contributed by atoms with Crippen LogP contribution in [0.25, 0.3) is 27.9 Å². The lowest BCUT2D eigenvalue weighted by molar-refractivity contribution is 0.0348. The molecule has 2 unspecified atom stereocenters. The molecule has 11 heteroatoms. The van der Waals surface area contributed by atoms with E-state index in [2.05, 4.69) is 30.5 Å². The number of hydrogen-bond acceptors (Lipinski definition) is 9. The summed E-state index contributed by atoms with van der Waals surface area (Å²) in [4.78, 5) is 24.6. The number of nitrogens with zero attached hydrogens (tertiary/aromatic N) is 6. The normalized spacial score (nSPS) is 20.3. The van der Waals surface area contributed by atoms with Gasteiger partial charge in [0.25, 0.3) is 0 Å². The number of fused-ring (bicyclic) bond motifs is 2. The van der Waals surface area contributed by atoms with Crippen LogP contribution in [0.3, 0.4) is 0 Å². The molecule has 0 bridgehead atoms. The Morgan fingerprint density at radius 2 is 2.00 bits per heavy atom. The predicted octanol–water partition coefficient (Wildman–Crippen LogP) is 3.63. The van der Waals surface area contributed by atoms with Gasteiger partial charge in [-0.15, -0.1) is 0 Å². The van der Waals surface area contributed by atoms with Crippen LogP contribution >= 0.6 is 0 Å². The van der Waals surface area contributed by atoms with Crippen LogP contribution in [0.1, 0.15) is 5.56 Å². The number of pyridine rings is 3. The molecule has 9 nitrogen and oxygen atoms in total. The fraction of sp³-hybridized carbons (Fsp3) is 0.222. The Morgan fingerprint density at radius 1 is 1.08 bits per heavy atom. The summed E-state index contributed by atoms with van der Waals surface area (Å²) in [5.41, 5.74) is 3.42. The first-order valence-corrected chi connectivity index (χ1v) is 12.3. The quantitative estimate of drug-likeness (QED) is 0.388. The van der Waals surface area contributed by atoms with Crippen molar-refractivity contribution in [3.63, 3.8) is 0 Å². The maximum Gasteiger partial charge on any atom is 0.214 e. The Morgan fingerprint density at radius 3 is 2.87 bits per heavy atom. The highest BCUT2D eigenvalue weighted by Crippen LogP contribution is 2.37. The van der Waals surface area contributed by atoms with E-state index in [1.807, 2.05) is 24.4 Å². The Balaban J connectivity index is 1.35. The van der Waals surface area contributed by atoms with E-state index in [-0.39, 0.29) is 23.8 Å². The van der Waals surface area contributed by atoms with Crippen LogP contribution in [0.4, 0.5) is 26.2 Å². The zero-order chi connectivity index (χ0) is 25.6. The molecule has 2 aliphatic heterocycles. The van der Waals surface area contributed by atoms with E-state index in [4.69, 9.17) is 14.7 Å². The van der Waals surface area contributed by atoms with E-state index >= 15 is 0 Å². The van der Waals surface area contributed by atoms with Gasteiger partial charge in [0, 0.05) is 43.2 Å². The van der Waals surface area contributed by atoms with E-state index in [1.54, 1.807) is 24.5 Å². The summed E-state index contributed by atoms with van der Waals surface area (Å²) in [6.07, 6.45) is 11.3. The molecule has 0 radical (unpaired) electrons. The second-order valence-electron chi connectivity index (χ2n) is 9.28. The molecule has 0 spiro atoms. The lowest BCUT2D eigenvalue weighted by atomic mass is 9.97.